The van der Waals surface area contributed by atoms with Crippen LogP contribution >= 0.6 is 0 Å². The molecule has 6 aromatic carbocycles. The maximum atomic E-state index is 13.9. The predicted octanol–water partition coefficient (Wildman–Crippen LogP) is 9.11. The van der Waals surface area contributed by atoms with Gasteiger partial charge in [0.1, 0.15) is 13.2 Å². The zero-order valence-corrected chi connectivity index (χ0v) is 26.3. The lowest BCUT2D eigenvalue weighted by Gasteiger charge is -2.11. The number of rotatable bonds is 10. The highest BCUT2D eigenvalue weighted by Gasteiger charge is 2.19. The van der Waals surface area contributed by atoms with Gasteiger partial charge in [-0.2, -0.15) is 0 Å². The number of nitrogens with zero attached hydrogens (tertiary/aromatic N) is 2. The zero-order chi connectivity index (χ0) is 32.3. The fourth-order valence-corrected chi connectivity index (χ4v) is 6.12. The topological polar surface area (TPSA) is 77.3 Å². The van der Waals surface area contributed by atoms with Crippen LogP contribution in [-0.2, 0) is 32.5 Å². The van der Waals surface area contributed by atoms with Crippen LogP contribution in [0, 0.1) is 0 Å². The van der Waals surface area contributed by atoms with Gasteiger partial charge >= 0.3 is 0 Å². The van der Waals surface area contributed by atoms with Gasteiger partial charge in [-0.3, -0.25) is 0 Å². The number of aliphatic imine (C=N–C) groups is 2. The maximum absolute atomic E-state index is 13.9. The van der Waals surface area contributed by atoms with Crippen molar-refractivity contribution in [3.63, 3.8) is 0 Å². The van der Waals surface area contributed by atoms with Gasteiger partial charge in [0, 0.05) is 11.1 Å². The quantitative estimate of drug-likeness (QED) is 0.111. The van der Waals surface area contributed by atoms with E-state index in [1.165, 1.54) is 0 Å². The molecule has 47 heavy (non-hydrogen) atoms. The Kier molecular flexibility index (Phi) is 9.95. The van der Waals surface area contributed by atoms with Gasteiger partial charge in [-0.25, -0.2) is 18.4 Å². The standard InChI is InChI=1S/C40H32N2O4S/c43-47(44,37-25-13-23-35(27-37)41-39(33-19-9-3-10-20-33)45-29-31-15-5-1-6-16-31)38-26-14-24-36(28-38)42-40(34-21-11-4-12-22-34)46-30-32-17-7-2-8-18-32/h1-28H,29-30H2/b41-39-,42-40-. The minimum atomic E-state index is -3.92. The van der Waals surface area contributed by atoms with Crippen molar-refractivity contribution < 1.29 is 17.9 Å². The Bertz CT molecular complexity index is 1940. The third-order valence-electron chi connectivity index (χ3n) is 7.20. The number of ether oxygens (including phenoxy) is 2. The van der Waals surface area contributed by atoms with Crippen LogP contribution < -0.4 is 0 Å². The van der Waals surface area contributed by atoms with Gasteiger partial charge in [-0.05, 0) is 71.8 Å². The first kappa shape index (κ1) is 31.2. The van der Waals surface area contributed by atoms with Crippen LogP contribution in [0.4, 0.5) is 11.4 Å². The molecule has 0 amide bonds. The van der Waals surface area contributed by atoms with Crippen molar-refractivity contribution in [1.29, 1.82) is 0 Å². The van der Waals surface area contributed by atoms with Gasteiger partial charge in [0.15, 0.2) is 0 Å². The summed E-state index contributed by atoms with van der Waals surface area (Å²) < 4.78 is 40.1. The summed E-state index contributed by atoms with van der Waals surface area (Å²) in [4.78, 5) is 9.70. The van der Waals surface area contributed by atoms with E-state index in [0.29, 0.717) is 36.4 Å². The Balaban J connectivity index is 1.29. The van der Waals surface area contributed by atoms with Crippen LogP contribution in [0.15, 0.2) is 190 Å². The van der Waals surface area contributed by atoms with E-state index in [0.717, 1.165) is 22.3 Å². The van der Waals surface area contributed by atoms with E-state index < -0.39 is 9.84 Å². The molecule has 0 saturated heterocycles. The Labute approximate surface area is 275 Å². The highest BCUT2D eigenvalue weighted by Crippen LogP contribution is 2.28. The maximum Gasteiger partial charge on any atom is 0.221 e. The molecule has 0 unspecified atom stereocenters. The van der Waals surface area contributed by atoms with Crippen molar-refractivity contribution in [1.82, 2.24) is 0 Å². The number of benzene rings is 6. The summed E-state index contributed by atoms with van der Waals surface area (Å²) >= 11 is 0. The summed E-state index contributed by atoms with van der Waals surface area (Å²) in [6.07, 6.45) is 0. The van der Waals surface area contributed by atoms with Crippen molar-refractivity contribution in [2.24, 2.45) is 9.98 Å². The van der Waals surface area contributed by atoms with Crippen LogP contribution in [0.25, 0.3) is 0 Å². The summed E-state index contributed by atoms with van der Waals surface area (Å²) in [6, 6.07) is 51.8. The second kappa shape index (κ2) is 15.0. The predicted molar refractivity (Wildman–Crippen MR) is 186 cm³/mol. The number of sulfone groups is 1. The molecule has 6 rings (SSSR count). The largest absolute Gasteiger partial charge is 0.472 e. The molecule has 0 N–H and O–H groups in total. The highest BCUT2D eigenvalue weighted by atomic mass is 32.2. The van der Waals surface area contributed by atoms with Crippen molar-refractivity contribution in [3.05, 3.63) is 192 Å². The molecule has 7 heteroatoms. The molecule has 6 nitrogen and oxygen atoms in total. The summed E-state index contributed by atoms with van der Waals surface area (Å²) in [5.41, 5.74) is 4.46. The van der Waals surface area contributed by atoms with Gasteiger partial charge in [0.25, 0.3) is 0 Å². The molecule has 6 aromatic rings. The normalized spacial score (nSPS) is 12.0. The van der Waals surface area contributed by atoms with E-state index >= 15 is 0 Å². The second-order valence-corrected chi connectivity index (χ2v) is 12.6. The fourth-order valence-electron chi connectivity index (χ4n) is 4.78. The van der Waals surface area contributed by atoms with E-state index in [1.54, 1.807) is 48.5 Å². The Morgan fingerprint density at radius 1 is 0.447 bits per heavy atom. The third kappa shape index (κ3) is 8.28. The van der Waals surface area contributed by atoms with Crippen molar-refractivity contribution in [3.8, 4) is 0 Å². The highest BCUT2D eigenvalue weighted by molar-refractivity contribution is 7.91. The molecule has 0 heterocycles. The summed E-state index contributed by atoms with van der Waals surface area (Å²) in [6.45, 7) is 0.639. The van der Waals surface area contributed by atoms with E-state index in [1.807, 2.05) is 121 Å². The summed E-state index contributed by atoms with van der Waals surface area (Å²) in [7, 11) is -3.92. The van der Waals surface area contributed by atoms with E-state index in [9.17, 15) is 8.42 Å². The first-order valence-electron chi connectivity index (χ1n) is 15.1. The lowest BCUT2D eigenvalue weighted by atomic mass is 10.2. The summed E-state index contributed by atoms with van der Waals surface area (Å²) in [5.74, 6) is 0.786. The number of hydrogen-bond acceptors (Lipinski definition) is 6. The van der Waals surface area contributed by atoms with Crippen molar-refractivity contribution >= 4 is 33.0 Å². The van der Waals surface area contributed by atoms with E-state index in [4.69, 9.17) is 19.5 Å². The molecule has 0 aliphatic carbocycles. The molecule has 0 aliphatic rings. The van der Waals surface area contributed by atoms with Crippen molar-refractivity contribution in [2.75, 3.05) is 0 Å². The molecule has 0 saturated carbocycles. The molecule has 0 radical (unpaired) electrons. The first-order valence-corrected chi connectivity index (χ1v) is 16.6. The molecule has 0 fully saturated rings. The van der Waals surface area contributed by atoms with Gasteiger partial charge in [0.05, 0.1) is 21.2 Å². The SMILES string of the molecule is O=S(=O)(c1cccc(/N=C(\OCc2ccccc2)c2ccccc2)c1)c1cccc(/N=C(\OCc2ccccc2)c2ccccc2)c1. The van der Waals surface area contributed by atoms with Gasteiger partial charge in [-0.15, -0.1) is 0 Å². The van der Waals surface area contributed by atoms with Gasteiger partial charge in [-0.1, -0.05) is 109 Å². The molecule has 0 aliphatic heterocycles. The Morgan fingerprint density at radius 2 is 0.809 bits per heavy atom. The molecule has 0 spiro atoms. The molecular weight excluding hydrogens is 605 g/mol. The van der Waals surface area contributed by atoms with Crippen LogP contribution in [0.5, 0.6) is 0 Å². The van der Waals surface area contributed by atoms with Crippen LogP contribution in [-0.4, -0.2) is 20.2 Å². The average Bonchev–Trinajstić information content (AvgIpc) is 3.13. The number of hydrogen-bond donors (Lipinski definition) is 0. The average molecular weight is 637 g/mol. The molecule has 0 bridgehead atoms. The van der Waals surface area contributed by atoms with E-state index in [-0.39, 0.29) is 9.79 Å². The Hall–Kier alpha value is -5.79. The van der Waals surface area contributed by atoms with Crippen molar-refractivity contribution in [2.45, 2.75) is 23.0 Å². The van der Waals surface area contributed by atoms with Crippen LogP contribution in [0.1, 0.15) is 22.3 Å². The molecule has 0 aromatic heterocycles. The van der Waals surface area contributed by atoms with Crippen LogP contribution in [0.3, 0.4) is 0 Å². The smallest absolute Gasteiger partial charge is 0.221 e. The zero-order valence-electron chi connectivity index (χ0n) is 25.5. The molecular formula is C40H32N2O4S. The second-order valence-electron chi connectivity index (χ2n) is 10.6. The summed E-state index contributed by atoms with van der Waals surface area (Å²) in [5, 5.41) is 0. The lowest BCUT2D eigenvalue weighted by Crippen LogP contribution is -2.07. The monoisotopic (exact) mass is 636 g/mol. The Morgan fingerprint density at radius 3 is 1.19 bits per heavy atom. The lowest BCUT2D eigenvalue weighted by molar-refractivity contribution is 0.294. The minimum absolute atomic E-state index is 0.110. The van der Waals surface area contributed by atoms with Crippen LogP contribution in [0.2, 0.25) is 0 Å². The van der Waals surface area contributed by atoms with Gasteiger partial charge in [0.2, 0.25) is 21.6 Å². The third-order valence-corrected chi connectivity index (χ3v) is 8.94. The molecule has 232 valence electrons. The fraction of sp³-hybridized carbons (Fsp3) is 0.0500. The minimum Gasteiger partial charge on any atom is -0.472 e. The first-order chi connectivity index (χ1) is 23.0. The van der Waals surface area contributed by atoms with Gasteiger partial charge < -0.3 is 9.47 Å². The van der Waals surface area contributed by atoms with E-state index in [2.05, 4.69) is 0 Å². The molecule has 0 atom stereocenters.